The molecule has 0 bridgehead atoms. The topological polar surface area (TPSA) is 55.4 Å². The lowest BCUT2D eigenvalue weighted by Gasteiger charge is -2.09. The first kappa shape index (κ1) is 20.4. The number of carbonyl (C=O) groups is 2. The fourth-order valence-electron chi connectivity index (χ4n) is 3.94. The van der Waals surface area contributed by atoms with E-state index in [-0.39, 0.29) is 17.7 Å². The smallest absolute Gasteiger partial charge is 0.341 e. The van der Waals surface area contributed by atoms with Crippen LogP contribution in [-0.2, 0) is 16.0 Å². The van der Waals surface area contributed by atoms with Gasteiger partial charge in [-0.1, -0.05) is 61.5 Å². The molecule has 0 spiro atoms. The summed E-state index contributed by atoms with van der Waals surface area (Å²) in [6, 6.07) is 18.3. The third-order valence-corrected chi connectivity index (χ3v) is 6.74. The van der Waals surface area contributed by atoms with E-state index in [4.69, 9.17) is 4.74 Å². The van der Waals surface area contributed by atoms with E-state index in [9.17, 15) is 9.59 Å². The molecule has 0 radical (unpaired) electrons. The number of hydrogen-bond donors (Lipinski definition) is 1. The van der Waals surface area contributed by atoms with Gasteiger partial charge in [0.15, 0.2) is 0 Å². The van der Waals surface area contributed by atoms with Crippen LogP contribution >= 0.6 is 11.3 Å². The molecule has 0 saturated heterocycles. The predicted octanol–water partition coefficient (Wildman–Crippen LogP) is 5.81. The van der Waals surface area contributed by atoms with Gasteiger partial charge in [0.25, 0.3) is 0 Å². The van der Waals surface area contributed by atoms with Crippen LogP contribution in [0.2, 0.25) is 0 Å². The molecule has 5 heteroatoms. The lowest BCUT2D eigenvalue weighted by molar-refractivity contribution is -0.117. The third kappa shape index (κ3) is 3.90. The highest BCUT2D eigenvalue weighted by Gasteiger charge is 2.44. The molecule has 1 fully saturated rings. The van der Waals surface area contributed by atoms with E-state index in [0.717, 1.165) is 28.8 Å². The van der Waals surface area contributed by atoms with Crippen LogP contribution in [-0.4, -0.2) is 19.0 Å². The number of aryl methyl sites for hydroxylation is 2. The lowest BCUT2D eigenvalue weighted by Crippen LogP contribution is -2.16. The van der Waals surface area contributed by atoms with Crippen molar-refractivity contribution < 1.29 is 14.3 Å². The van der Waals surface area contributed by atoms with Crippen molar-refractivity contribution in [3.63, 3.8) is 0 Å². The van der Waals surface area contributed by atoms with Gasteiger partial charge < -0.3 is 10.1 Å². The van der Waals surface area contributed by atoms with Gasteiger partial charge in [-0.25, -0.2) is 4.79 Å². The number of amides is 1. The number of carbonyl (C=O) groups excluding carboxylic acids is 2. The first-order valence-electron chi connectivity index (χ1n) is 10.2. The summed E-state index contributed by atoms with van der Waals surface area (Å²) in [7, 11) is 1.37. The molecule has 0 aliphatic heterocycles. The zero-order valence-electron chi connectivity index (χ0n) is 17.4. The number of nitrogens with one attached hydrogen (secondary N) is 1. The van der Waals surface area contributed by atoms with Crippen LogP contribution in [0, 0.1) is 12.8 Å². The Hall–Kier alpha value is -2.92. The second-order valence-electron chi connectivity index (χ2n) is 7.63. The summed E-state index contributed by atoms with van der Waals surface area (Å²) in [6.45, 7) is 4.08. The first-order chi connectivity index (χ1) is 14.5. The van der Waals surface area contributed by atoms with Crippen molar-refractivity contribution in [1.29, 1.82) is 0 Å². The lowest BCUT2D eigenvalue weighted by atomic mass is 9.99. The molecular formula is C25H25NO3S. The van der Waals surface area contributed by atoms with E-state index >= 15 is 0 Å². The van der Waals surface area contributed by atoms with E-state index in [1.165, 1.54) is 29.6 Å². The average molecular weight is 420 g/mol. The van der Waals surface area contributed by atoms with Gasteiger partial charge >= 0.3 is 5.97 Å². The average Bonchev–Trinajstić information content (AvgIpc) is 3.52. The number of ether oxygens (including phenoxy) is 1. The Labute approximate surface area is 180 Å². The Bertz CT molecular complexity index is 1070. The van der Waals surface area contributed by atoms with Gasteiger partial charge in [-0.3, -0.25) is 4.79 Å². The number of hydrogen-bond acceptors (Lipinski definition) is 4. The largest absolute Gasteiger partial charge is 0.465 e. The van der Waals surface area contributed by atoms with Crippen LogP contribution in [0.1, 0.15) is 45.6 Å². The van der Waals surface area contributed by atoms with Crippen molar-refractivity contribution in [2.24, 2.45) is 5.92 Å². The normalized spacial score (nSPS) is 17.4. The van der Waals surface area contributed by atoms with Crippen LogP contribution in [0.25, 0.3) is 11.1 Å². The summed E-state index contributed by atoms with van der Waals surface area (Å²) in [4.78, 5) is 26.5. The van der Waals surface area contributed by atoms with Gasteiger partial charge in [-0.2, -0.15) is 0 Å². The minimum atomic E-state index is -0.431. The van der Waals surface area contributed by atoms with Crippen LogP contribution in [0.15, 0.2) is 54.6 Å². The minimum Gasteiger partial charge on any atom is -0.465 e. The fraction of sp³-hybridized carbons (Fsp3) is 0.280. The van der Waals surface area contributed by atoms with Gasteiger partial charge in [-0.05, 0) is 42.4 Å². The van der Waals surface area contributed by atoms with Crippen LogP contribution < -0.4 is 5.32 Å². The maximum Gasteiger partial charge on any atom is 0.341 e. The van der Waals surface area contributed by atoms with Gasteiger partial charge in [0.2, 0.25) is 5.91 Å². The van der Waals surface area contributed by atoms with Gasteiger partial charge in [0.1, 0.15) is 10.6 Å². The van der Waals surface area contributed by atoms with E-state index in [1.54, 1.807) is 0 Å². The first-order valence-corrected chi connectivity index (χ1v) is 11.0. The van der Waals surface area contributed by atoms with Gasteiger partial charge in [0, 0.05) is 16.4 Å². The van der Waals surface area contributed by atoms with Gasteiger partial charge in [-0.15, -0.1) is 11.3 Å². The molecule has 2 aromatic carbocycles. The number of anilines is 1. The number of esters is 1. The van der Waals surface area contributed by atoms with E-state index in [0.29, 0.717) is 10.6 Å². The second kappa shape index (κ2) is 8.44. The standard InChI is InChI=1S/C25H25NO3S/c1-4-16-10-12-18(13-11-16)21-15(2)30-24(22(21)25(28)29-3)26-23(27)20-14-19(20)17-8-6-5-7-9-17/h5-13,19-20H,4,14H2,1-3H3,(H,26,27)/t19-,20-/m1/s1. The highest BCUT2D eigenvalue weighted by Crippen LogP contribution is 2.49. The highest BCUT2D eigenvalue weighted by molar-refractivity contribution is 7.17. The zero-order chi connectivity index (χ0) is 21.3. The molecule has 3 aromatic rings. The molecule has 4 rings (SSSR count). The van der Waals surface area contributed by atoms with Crippen molar-refractivity contribution in [3.05, 3.63) is 76.2 Å². The molecule has 30 heavy (non-hydrogen) atoms. The van der Waals surface area contributed by atoms with E-state index < -0.39 is 5.97 Å². The summed E-state index contributed by atoms with van der Waals surface area (Å²) in [5.41, 5.74) is 4.65. The van der Waals surface area contributed by atoms with Crippen LogP contribution in [0.4, 0.5) is 5.00 Å². The van der Waals surface area contributed by atoms with Crippen LogP contribution in [0.5, 0.6) is 0 Å². The molecule has 154 valence electrons. The second-order valence-corrected chi connectivity index (χ2v) is 8.85. The Morgan fingerprint density at radius 3 is 2.43 bits per heavy atom. The molecular weight excluding hydrogens is 394 g/mol. The van der Waals surface area contributed by atoms with Gasteiger partial charge in [0.05, 0.1) is 7.11 Å². The molecule has 1 heterocycles. The zero-order valence-corrected chi connectivity index (χ0v) is 18.2. The molecule has 1 aliphatic rings. The van der Waals surface area contributed by atoms with Crippen LogP contribution in [0.3, 0.4) is 0 Å². The molecule has 1 amide bonds. The Balaban J connectivity index is 1.62. The van der Waals surface area contributed by atoms with Crippen molar-refractivity contribution in [3.8, 4) is 11.1 Å². The monoisotopic (exact) mass is 419 g/mol. The number of thiophene rings is 1. The molecule has 4 nitrogen and oxygen atoms in total. The molecule has 1 aromatic heterocycles. The summed E-state index contributed by atoms with van der Waals surface area (Å²) < 4.78 is 5.06. The SMILES string of the molecule is CCc1ccc(-c2c(C)sc(NC(=O)[C@@H]3C[C@@H]3c3ccccc3)c2C(=O)OC)cc1. The Morgan fingerprint density at radius 2 is 1.80 bits per heavy atom. The van der Waals surface area contributed by atoms with Crippen molar-refractivity contribution in [2.45, 2.75) is 32.6 Å². The van der Waals surface area contributed by atoms with Crippen molar-refractivity contribution in [2.75, 3.05) is 12.4 Å². The number of benzene rings is 2. The fourth-order valence-corrected chi connectivity index (χ4v) is 5.01. The minimum absolute atomic E-state index is 0.0388. The Kier molecular flexibility index (Phi) is 5.73. The maximum atomic E-state index is 12.9. The summed E-state index contributed by atoms with van der Waals surface area (Å²) in [5.74, 6) is -0.287. The summed E-state index contributed by atoms with van der Waals surface area (Å²) in [6.07, 6.45) is 1.79. The number of rotatable bonds is 6. The molecule has 2 atom stereocenters. The molecule has 0 unspecified atom stereocenters. The highest BCUT2D eigenvalue weighted by atomic mass is 32.1. The summed E-state index contributed by atoms with van der Waals surface area (Å²) in [5, 5.41) is 3.59. The van der Waals surface area contributed by atoms with E-state index in [1.807, 2.05) is 37.3 Å². The Morgan fingerprint density at radius 1 is 1.10 bits per heavy atom. The van der Waals surface area contributed by atoms with E-state index in [2.05, 4.69) is 36.5 Å². The quantitative estimate of drug-likeness (QED) is 0.513. The molecule has 1 aliphatic carbocycles. The summed E-state index contributed by atoms with van der Waals surface area (Å²) >= 11 is 1.43. The maximum absolute atomic E-state index is 12.9. The van der Waals surface area contributed by atoms with Crippen molar-refractivity contribution >= 4 is 28.2 Å². The number of methoxy groups -OCH3 is 1. The molecule has 1 N–H and O–H groups in total. The molecule has 1 saturated carbocycles. The third-order valence-electron chi connectivity index (χ3n) is 5.72. The van der Waals surface area contributed by atoms with Crippen molar-refractivity contribution in [1.82, 2.24) is 0 Å². The predicted molar refractivity (Wildman–Crippen MR) is 121 cm³/mol.